The van der Waals surface area contributed by atoms with Crippen molar-refractivity contribution in [3.8, 4) is 0 Å². The van der Waals surface area contributed by atoms with Crippen LogP contribution in [0.4, 0.5) is 5.69 Å². The lowest BCUT2D eigenvalue weighted by molar-refractivity contribution is -0.126. The number of ether oxygens (including phenoxy) is 1. The average molecular weight is 306 g/mol. The van der Waals surface area contributed by atoms with E-state index >= 15 is 0 Å². The zero-order chi connectivity index (χ0) is 15.5. The Morgan fingerprint density at radius 1 is 1.29 bits per heavy atom. The van der Waals surface area contributed by atoms with Gasteiger partial charge < -0.3 is 15.8 Å². The van der Waals surface area contributed by atoms with E-state index in [9.17, 15) is 4.79 Å². The van der Waals surface area contributed by atoms with Gasteiger partial charge in [0.25, 0.3) is 0 Å². The van der Waals surface area contributed by atoms with E-state index in [1.807, 2.05) is 24.3 Å². The van der Waals surface area contributed by atoms with Crippen molar-refractivity contribution in [2.75, 3.05) is 18.5 Å². The first-order valence-corrected chi connectivity index (χ1v) is 7.65. The lowest BCUT2D eigenvalue weighted by Gasteiger charge is -2.34. The van der Waals surface area contributed by atoms with Crippen molar-refractivity contribution < 1.29 is 9.53 Å². The molecule has 0 radical (unpaired) electrons. The summed E-state index contributed by atoms with van der Waals surface area (Å²) in [6.45, 7) is 5.29. The number of rotatable bonds is 4. The molecule has 0 atom stereocenters. The molecule has 0 bridgehead atoms. The first-order chi connectivity index (χ1) is 9.95. The number of thiocarbonyl (C=S) groups is 1. The van der Waals surface area contributed by atoms with Gasteiger partial charge in [-0.3, -0.25) is 4.79 Å². The van der Waals surface area contributed by atoms with Crippen molar-refractivity contribution in [2.24, 2.45) is 11.1 Å². The second kappa shape index (κ2) is 6.54. The van der Waals surface area contributed by atoms with Crippen LogP contribution in [0, 0.1) is 5.41 Å². The highest BCUT2D eigenvalue weighted by atomic mass is 32.1. The van der Waals surface area contributed by atoms with Gasteiger partial charge in [0.1, 0.15) is 5.41 Å². The van der Waals surface area contributed by atoms with Crippen LogP contribution < -0.4 is 11.1 Å². The molecule has 1 heterocycles. The number of carbonyl (C=O) groups excluding carboxylic acids is 1. The highest BCUT2D eigenvalue weighted by Crippen LogP contribution is 2.32. The molecule has 1 aliphatic rings. The van der Waals surface area contributed by atoms with Crippen LogP contribution >= 0.6 is 12.2 Å². The van der Waals surface area contributed by atoms with Gasteiger partial charge in [0.2, 0.25) is 5.91 Å². The molecule has 1 aromatic rings. The van der Waals surface area contributed by atoms with Crippen LogP contribution in [0.3, 0.4) is 0 Å². The Bertz CT molecular complexity index is 520. The predicted molar refractivity (Wildman–Crippen MR) is 88.4 cm³/mol. The Morgan fingerprint density at radius 2 is 1.86 bits per heavy atom. The topological polar surface area (TPSA) is 64.4 Å². The van der Waals surface area contributed by atoms with Crippen molar-refractivity contribution in [1.82, 2.24) is 0 Å². The Kier molecular flexibility index (Phi) is 4.96. The van der Waals surface area contributed by atoms with Gasteiger partial charge in [-0.2, -0.15) is 0 Å². The molecule has 1 amide bonds. The fourth-order valence-electron chi connectivity index (χ4n) is 2.51. The summed E-state index contributed by atoms with van der Waals surface area (Å²) in [4.78, 5) is 12.9. The minimum atomic E-state index is -0.787. The molecule has 1 aromatic carbocycles. The molecule has 5 heteroatoms. The molecule has 2 rings (SSSR count). The highest BCUT2D eigenvalue weighted by Gasteiger charge is 2.43. The molecule has 1 fully saturated rings. The van der Waals surface area contributed by atoms with Crippen LogP contribution in [0.25, 0.3) is 0 Å². The van der Waals surface area contributed by atoms with Crippen LogP contribution in [0.1, 0.15) is 38.2 Å². The normalized spacial score (nSPS) is 17.5. The zero-order valence-electron chi connectivity index (χ0n) is 12.5. The predicted octanol–water partition coefficient (Wildman–Crippen LogP) is 2.83. The lowest BCUT2D eigenvalue weighted by Crippen LogP contribution is -2.49. The van der Waals surface area contributed by atoms with Crippen LogP contribution in [0.2, 0.25) is 0 Å². The van der Waals surface area contributed by atoms with Gasteiger partial charge in [-0.15, -0.1) is 0 Å². The van der Waals surface area contributed by atoms with E-state index < -0.39 is 5.41 Å². The van der Waals surface area contributed by atoms with Crippen molar-refractivity contribution in [1.29, 1.82) is 0 Å². The van der Waals surface area contributed by atoms with Crippen LogP contribution in [0.5, 0.6) is 0 Å². The third kappa shape index (κ3) is 3.41. The molecule has 1 aliphatic heterocycles. The van der Waals surface area contributed by atoms with E-state index in [1.54, 1.807) is 0 Å². The number of hydrogen-bond acceptors (Lipinski definition) is 3. The van der Waals surface area contributed by atoms with Gasteiger partial charge in [0.15, 0.2) is 0 Å². The molecule has 0 aromatic heterocycles. The molecular weight excluding hydrogens is 284 g/mol. The highest BCUT2D eigenvalue weighted by molar-refractivity contribution is 7.80. The molecule has 0 aliphatic carbocycles. The molecular formula is C16H22N2O2S. The van der Waals surface area contributed by atoms with Gasteiger partial charge in [-0.05, 0) is 36.5 Å². The summed E-state index contributed by atoms with van der Waals surface area (Å²) in [5.41, 5.74) is 7.06. The van der Waals surface area contributed by atoms with Gasteiger partial charge in [-0.25, -0.2) is 0 Å². The van der Waals surface area contributed by atoms with E-state index in [4.69, 9.17) is 22.7 Å². The summed E-state index contributed by atoms with van der Waals surface area (Å²) < 4.78 is 5.32. The van der Waals surface area contributed by atoms with E-state index in [0.717, 1.165) is 5.69 Å². The number of hydrogen-bond donors (Lipinski definition) is 2. The van der Waals surface area contributed by atoms with Crippen molar-refractivity contribution >= 4 is 28.8 Å². The van der Waals surface area contributed by atoms with Crippen molar-refractivity contribution in [2.45, 2.75) is 32.6 Å². The fraction of sp³-hybridized carbons (Fsp3) is 0.500. The van der Waals surface area contributed by atoms with Crippen molar-refractivity contribution in [3.63, 3.8) is 0 Å². The molecule has 3 N–H and O–H groups in total. The standard InChI is InChI=1S/C16H22N2O2S/c1-11(2)12-3-5-13(6-4-12)18-15(19)16(14(17)21)7-9-20-10-8-16/h3-6,11H,7-10H2,1-2H3,(H2,17,21)(H,18,19). The third-order valence-corrected chi connectivity index (χ3v) is 4.48. The molecule has 0 saturated carbocycles. The molecule has 21 heavy (non-hydrogen) atoms. The average Bonchev–Trinajstić information content (AvgIpc) is 2.48. The maximum absolute atomic E-state index is 12.6. The number of benzene rings is 1. The minimum Gasteiger partial charge on any atom is -0.392 e. The lowest BCUT2D eigenvalue weighted by atomic mass is 9.79. The Balaban J connectivity index is 2.13. The molecule has 1 saturated heterocycles. The second-order valence-electron chi connectivity index (χ2n) is 5.79. The smallest absolute Gasteiger partial charge is 0.237 e. The maximum Gasteiger partial charge on any atom is 0.237 e. The zero-order valence-corrected chi connectivity index (χ0v) is 13.3. The molecule has 0 spiro atoms. The Hall–Kier alpha value is -1.46. The maximum atomic E-state index is 12.6. The van der Waals surface area contributed by atoms with Crippen LogP contribution in [0.15, 0.2) is 24.3 Å². The Morgan fingerprint density at radius 3 is 2.33 bits per heavy atom. The van der Waals surface area contributed by atoms with Gasteiger partial charge in [0, 0.05) is 18.9 Å². The number of nitrogens with one attached hydrogen (secondary N) is 1. The SMILES string of the molecule is CC(C)c1ccc(NC(=O)C2(C(N)=S)CCOCC2)cc1. The largest absolute Gasteiger partial charge is 0.392 e. The number of anilines is 1. The monoisotopic (exact) mass is 306 g/mol. The number of carbonyl (C=O) groups is 1. The molecule has 0 unspecified atom stereocenters. The van der Waals surface area contributed by atoms with Crippen molar-refractivity contribution in [3.05, 3.63) is 29.8 Å². The summed E-state index contributed by atoms with van der Waals surface area (Å²) in [7, 11) is 0. The van der Waals surface area contributed by atoms with E-state index in [2.05, 4.69) is 19.2 Å². The van der Waals surface area contributed by atoms with Crippen LogP contribution in [-0.4, -0.2) is 24.1 Å². The van der Waals surface area contributed by atoms with E-state index in [-0.39, 0.29) is 10.9 Å². The molecule has 114 valence electrons. The van der Waals surface area contributed by atoms with Gasteiger partial charge in [0.05, 0.1) is 4.99 Å². The van der Waals surface area contributed by atoms with E-state index in [0.29, 0.717) is 32.0 Å². The second-order valence-corrected chi connectivity index (χ2v) is 6.23. The summed E-state index contributed by atoms with van der Waals surface area (Å²) >= 11 is 5.14. The van der Waals surface area contributed by atoms with E-state index in [1.165, 1.54) is 5.56 Å². The first-order valence-electron chi connectivity index (χ1n) is 7.25. The summed E-state index contributed by atoms with van der Waals surface area (Å²) in [6.07, 6.45) is 1.08. The summed E-state index contributed by atoms with van der Waals surface area (Å²) in [5, 5.41) is 2.94. The third-order valence-electron chi connectivity index (χ3n) is 4.09. The number of nitrogens with two attached hydrogens (primary N) is 1. The quantitative estimate of drug-likeness (QED) is 0.840. The van der Waals surface area contributed by atoms with Crippen LogP contribution in [-0.2, 0) is 9.53 Å². The Labute approximate surface area is 131 Å². The fourth-order valence-corrected chi connectivity index (χ4v) is 2.80. The van der Waals surface area contributed by atoms with Gasteiger partial charge in [-0.1, -0.05) is 38.2 Å². The molecule has 4 nitrogen and oxygen atoms in total. The first kappa shape index (κ1) is 15.9. The summed E-state index contributed by atoms with van der Waals surface area (Å²) in [6, 6.07) is 7.88. The number of amides is 1. The van der Waals surface area contributed by atoms with Gasteiger partial charge >= 0.3 is 0 Å². The summed E-state index contributed by atoms with van der Waals surface area (Å²) in [5.74, 6) is 0.337. The minimum absolute atomic E-state index is 0.129.